The fraction of sp³-hybridized carbons (Fsp3) is 0.417. The van der Waals surface area contributed by atoms with Gasteiger partial charge >= 0.3 is 0 Å². The molecule has 19 heavy (non-hydrogen) atoms. The molecule has 1 heterocycles. The summed E-state index contributed by atoms with van der Waals surface area (Å²) in [6, 6.07) is 3.15. The Balaban J connectivity index is 1.87. The van der Waals surface area contributed by atoms with Crippen LogP contribution in [-0.2, 0) is 4.79 Å². The number of hydrogen-bond acceptors (Lipinski definition) is 3. The highest BCUT2D eigenvalue weighted by Crippen LogP contribution is 2.33. The zero-order chi connectivity index (χ0) is 13.8. The lowest BCUT2D eigenvalue weighted by atomic mass is 10.2. The molecular weight excluding hydrogens is 311 g/mol. The van der Waals surface area contributed by atoms with E-state index >= 15 is 0 Å². The predicted octanol–water partition coefficient (Wildman–Crippen LogP) is 2.50. The summed E-state index contributed by atoms with van der Waals surface area (Å²) in [7, 11) is 0. The van der Waals surface area contributed by atoms with Gasteiger partial charge in [-0.25, -0.2) is 0 Å². The van der Waals surface area contributed by atoms with Crippen molar-refractivity contribution in [3.8, 4) is 5.75 Å². The van der Waals surface area contributed by atoms with Crippen LogP contribution in [0.3, 0.4) is 0 Å². The molecule has 1 aromatic carbocycles. The number of carbonyl (C=O) groups is 1. The first-order chi connectivity index (χ1) is 9.06. The minimum atomic E-state index is -0.184. The van der Waals surface area contributed by atoms with Crippen LogP contribution in [0, 0.1) is 0 Å². The van der Waals surface area contributed by atoms with Gasteiger partial charge in [-0.1, -0.05) is 34.8 Å². The molecule has 2 rings (SSSR count). The summed E-state index contributed by atoms with van der Waals surface area (Å²) >= 11 is 17.6. The van der Waals surface area contributed by atoms with E-state index in [-0.39, 0.29) is 18.6 Å². The molecule has 1 aliphatic rings. The number of hydrogen-bond donors (Lipinski definition) is 2. The molecule has 1 aliphatic heterocycles. The Bertz CT molecular complexity index is 476. The van der Waals surface area contributed by atoms with E-state index in [4.69, 9.17) is 39.5 Å². The highest BCUT2D eigenvalue weighted by Gasteiger charge is 2.17. The van der Waals surface area contributed by atoms with Crippen LogP contribution in [0.1, 0.15) is 6.42 Å². The average molecular weight is 324 g/mol. The Hall–Kier alpha value is -0.680. The van der Waals surface area contributed by atoms with Crippen molar-refractivity contribution < 1.29 is 9.53 Å². The molecule has 1 amide bonds. The minimum absolute atomic E-state index is 0.103. The highest BCUT2D eigenvalue weighted by molar-refractivity contribution is 6.43. The van der Waals surface area contributed by atoms with E-state index in [9.17, 15) is 4.79 Å². The zero-order valence-electron chi connectivity index (χ0n) is 10.0. The van der Waals surface area contributed by atoms with Gasteiger partial charge in [0.05, 0.1) is 15.1 Å². The van der Waals surface area contributed by atoms with Crippen molar-refractivity contribution in [3.63, 3.8) is 0 Å². The third-order valence-corrected chi connectivity index (χ3v) is 3.78. The SMILES string of the molecule is O=C(COc1cc(Cl)c(Cl)cc1Cl)NC1CCNC1. The quantitative estimate of drug-likeness (QED) is 0.837. The number of ether oxygens (including phenoxy) is 1. The van der Waals surface area contributed by atoms with Crippen LogP contribution in [0.15, 0.2) is 12.1 Å². The molecule has 0 radical (unpaired) electrons. The van der Waals surface area contributed by atoms with E-state index in [1.807, 2.05) is 0 Å². The lowest BCUT2D eigenvalue weighted by Crippen LogP contribution is -2.39. The van der Waals surface area contributed by atoms with Crippen LogP contribution < -0.4 is 15.4 Å². The highest BCUT2D eigenvalue weighted by atomic mass is 35.5. The van der Waals surface area contributed by atoms with Gasteiger partial charge in [-0.15, -0.1) is 0 Å². The summed E-state index contributed by atoms with van der Waals surface area (Å²) in [6.07, 6.45) is 0.930. The minimum Gasteiger partial charge on any atom is -0.482 e. The van der Waals surface area contributed by atoms with E-state index in [1.54, 1.807) is 0 Å². The van der Waals surface area contributed by atoms with Gasteiger partial charge in [-0.3, -0.25) is 4.79 Å². The van der Waals surface area contributed by atoms with Gasteiger partial charge in [-0.05, 0) is 19.0 Å². The van der Waals surface area contributed by atoms with Crippen LogP contribution in [0.2, 0.25) is 15.1 Å². The monoisotopic (exact) mass is 322 g/mol. The van der Waals surface area contributed by atoms with Crippen LogP contribution in [0.5, 0.6) is 5.75 Å². The summed E-state index contributed by atoms with van der Waals surface area (Å²) in [5.41, 5.74) is 0. The number of halogens is 3. The molecule has 1 fully saturated rings. The molecule has 0 bridgehead atoms. The maximum atomic E-state index is 11.7. The molecule has 1 aromatic rings. The van der Waals surface area contributed by atoms with Gasteiger partial charge in [0.25, 0.3) is 5.91 Å². The van der Waals surface area contributed by atoms with Crippen LogP contribution in [0.25, 0.3) is 0 Å². The maximum absolute atomic E-state index is 11.7. The fourth-order valence-corrected chi connectivity index (χ4v) is 2.40. The molecular formula is C12H13Cl3N2O2. The second-order valence-electron chi connectivity index (χ2n) is 4.24. The smallest absolute Gasteiger partial charge is 0.258 e. The van der Waals surface area contributed by atoms with Crippen molar-refractivity contribution in [2.75, 3.05) is 19.7 Å². The topological polar surface area (TPSA) is 50.4 Å². The molecule has 0 aliphatic carbocycles. The first kappa shape index (κ1) is 14.7. The Morgan fingerprint density at radius 3 is 2.74 bits per heavy atom. The Morgan fingerprint density at radius 1 is 1.32 bits per heavy atom. The second kappa shape index (κ2) is 6.66. The largest absolute Gasteiger partial charge is 0.482 e. The normalized spacial score (nSPS) is 18.4. The molecule has 1 unspecified atom stereocenters. The van der Waals surface area contributed by atoms with Crippen LogP contribution in [0.4, 0.5) is 0 Å². The first-order valence-electron chi connectivity index (χ1n) is 5.83. The van der Waals surface area contributed by atoms with Gasteiger partial charge in [0.2, 0.25) is 0 Å². The van der Waals surface area contributed by atoms with E-state index in [0.29, 0.717) is 20.8 Å². The predicted molar refractivity (Wildman–Crippen MR) is 76.4 cm³/mol. The molecule has 0 saturated carbocycles. The van der Waals surface area contributed by atoms with E-state index in [2.05, 4.69) is 10.6 Å². The van der Waals surface area contributed by atoms with Crippen molar-refractivity contribution in [2.45, 2.75) is 12.5 Å². The van der Waals surface area contributed by atoms with E-state index in [0.717, 1.165) is 19.5 Å². The molecule has 7 heteroatoms. The van der Waals surface area contributed by atoms with Crippen molar-refractivity contribution in [1.29, 1.82) is 0 Å². The maximum Gasteiger partial charge on any atom is 0.258 e. The van der Waals surface area contributed by atoms with Gasteiger partial charge in [0.15, 0.2) is 6.61 Å². The van der Waals surface area contributed by atoms with Crippen molar-refractivity contribution >= 4 is 40.7 Å². The van der Waals surface area contributed by atoms with Gasteiger partial charge in [0.1, 0.15) is 5.75 Å². The molecule has 1 saturated heterocycles. The third-order valence-electron chi connectivity index (χ3n) is 2.76. The molecule has 1 atom stereocenters. The van der Waals surface area contributed by atoms with Gasteiger partial charge in [0, 0.05) is 18.7 Å². The Morgan fingerprint density at radius 2 is 2.05 bits per heavy atom. The third kappa shape index (κ3) is 4.14. The number of rotatable bonds is 4. The number of carbonyl (C=O) groups excluding carboxylic acids is 1. The van der Waals surface area contributed by atoms with Gasteiger partial charge < -0.3 is 15.4 Å². The first-order valence-corrected chi connectivity index (χ1v) is 6.97. The standard InChI is InChI=1S/C12H13Cl3N2O2/c13-8-3-10(15)11(4-9(8)14)19-6-12(18)17-7-1-2-16-5-7/h3-4,7,16H,1-2,5-6H2,(H,17,18). The molecule has 4 nitrogen and oxygen atoms in total. The molecule has 0 spiro atoms. The van der Waals surface area contributed by atoms with E-state index < -0.39 is 0 Å². The fourth-order valence-electron chi connectivity index (χ4n) is 1.81. The molecule has 2 N–H and O–H groups in total. The Kier molecular flexibility index (Phi) is 5.16. The van der Waals surface area contributed by atoms with E-state index in [1.165, 1.54) is 12.1 Å². The van der Waals surface area contributed by atoms with Crippen molar-refractivity contribution in [2.24, 2.45) is 0 Å². The number of nitrogens with one attached hydrogen (secondary N) is 2. The lowest BCUT2D eigenvalue weighted by Gasteiger charge is -2.13. The zero-order valence-corrected chi connectivity index (χ0v) is 12.3. The summed E-state index contributed by atoms with van der Waals surface area (Å²) in [5, 5.41) is 7.04. The van der Waals surface area contributed by atoms with Crippen LogP contribution >= 0.6 is 34.8 Å². The van der Waals surface area contributed by atoms with Crippen LogP contribution in [-0.4, -0.2) is 31.6 Å². The second-order valence-corrected chi connectivity index (χ2v) is 5.46. The van der Waals surface area contributed by atoms with Gasteiger partial charge in [-0.2, -0.15) is 0 Å². The summed E-state index contributed by atoms with van der Waals surface area (Å²) in [6.45, 7) is 1.61. The molecule has 0 aromatic heterocycles. The van der Waals surface area contributed by atoms with Crippen molar-refractivity contribution in [3.05, 3.63) is 27.2 Å². The Labute approximate surface area is 126 Å². The number of amides is 1. The summed E-state index contributed by atoms with van der Waals surface area (Å²) in [5.74, 6) is 0.159. The summed E-state index contributed by atoms with van der Waals surface area (Å²) in [4.78, 5) is 11.7. The van der Waals surface area contributed by atoms with Crippen molar-refractivity contribution in [1.82, 2.24) is 10.6 Å². The lowest BCUT2D eigenvalue weighted by molar-refractivity contribution is -0.123. The summed E-state index contributed by atoms with van der Waals surface area (Å²) < 4.78 is 5.34. The number of benzene rings is 1. The average Bonchev–Trinajstić information content (AvgIpc) is 2.85. The molecule has 104 valence electrons.